The van der Waals surface area contributed by atoms with E-state index in [9.17, 15) is 26.7 Å². The van der Waals surface area contributed by atoms with E-state index in [-0.39, 0.29) is 16.8 Å². The SMILES string of the molecule is CNC(=O)/C(=N\OC)c1ccccc1COc1c(F)c(F)c(F)c(F)c1F. The molecular weight excluding hydrogens is 375 g/mol. The quantitative estimate of drug-likeness (QED) is 0.272. The van der Waals surface area contributed by atoms with Crippen LogP contribution in [0.5, 0.6) is 5.75 Å². The van der Waals surface area contributed by atoms with Crippen molar-refractivity contribution in [2.45, 2.75) is 6.61 Å². The fourth-order valence-electron chi connectivity index (χ4n) is 2.16. The number of oxime groups is 1. The molecule has 0 fully saturated rings. The number of likely N-dealkylation sites (N-methyl/N-ethyl adjacent to an activating group) is 1. The summed E-state index contributed by atoms with van der Waals surface area (Å²) < 4.78 is 71.9. The Labute approximate surface area is 150 Å². The first kappa shape index (κ1) is 20.1. The lowest BCUT2D eigenvalue weighted by Gasteiger charge is -2.13. The highest BCUT2D eigenvalue weighted by Crippen LogP contribution is 2.30. The van der Waals surface area contributed by atoms with Crippen LogP contribution in [-0.4, -0.2) is 25.8 Å². The Morgan fingerprint density at radius 1 is 1.00 bits per heavy atom. The van der Waals surface area contributed by atoms with Crippen molar-refractivity contribution < 1.29 is 36.3 Å². The number of amides is 1. The van der Waals surface area contributed by atoms with Crippen LogP contribution >= 0.6 is 0 Å². The number of nitrogens with zero attached hydrogens (tertiary/aromatic N) is 1. The third-order valence-corrected chi connectivity index (χ3v) is 3.44. The molecule has 5 nitrogen and oxygen atoms in total. The van der Waals surface area contributed by atoms with Gasteiger partial charge in [0.05, 0.1) is 0 Å². The fourth-order valence-corrected chi connectivity index (χ4v) is 2.16. The second-order valence-corrected chi connectivity index (χ2v) is 5.05. The van der Waals surface area contributed by atoms with Gasteiger partial charge in [-0.3, -0.25) is 4.79 Å². The molecule has 144 valence electrons. The number of hydrogen-bond donors (Lipinski definition) is 1. The van der Waals surface area contributed by atoms with Crippen molar-refractivity contribution in [3.8, 4) is 5.75 Å². The van der Waals surface area contributed by atoms with Gasteiger partial charge in [0.25, 0.3) is 5.91 Å². The first-order valence-electron chi connectivity index (χ1n) is 7.39. The Bertz CT molecular complexity index is 873. The van der Waals surface area contributed by atoms with Crippen molar-refractivity contribution in [2.24, 2.45) is 5.16 Å². The molecule has 0 aromatic heterocycles. The van der Waals surface area contributed by atoms with Crippen LogP contribution in [0.1, 0.15) is 11.1 Å². The second kappa shape index (κ2) is 8.47. The van der Waals surface area contributed by atoms with E-state index in [1.165, 1.54) is 32.4 Å². The molecule has 10 heteroatoms. The maximum Gasteiger partial charge on any atom is 0.273 e. The molecule has 2 aromatic carbocycles. The second-order valence-electron chi connectivity index (χ2n) is 5.05. The van der Waals surface area contributed by atoms with Gasteiger partial charge in [-0.2, -0.15) is 8.78 Å². The van der Waals surface area contributed by atoms with Crippen LogP contribution in [0.4, 0.5) is 22.0 Å². The minimum Gasteiger partial charge on any atom is -0.483 e. The Morgan fingerprint density at radius 2 is 1.56 bits per heavy atom. The Morgan fingerprint density at radius 3 is 2.11 bits per heavy atom. The molecule has 0 saturated heterocycles. The molecule has 2 aromatic rings. The summed E-state index contributed by atoms with van der Waals surface area (Å²) in [5, 5.41) is 5.92. The summed E-state index contributed by atoms with van der Waals surface area (Å²) in [6, 6.07) is 5.94. The molecule has 0 unspecified atom stereocenters. The molecule has 0 aliphatic heterocycles. The normalized spacial score (nSPS) is 11.3. The highest BCUT2D eigenvalue weighted by molar-refractivity contribution is 6.45. The average Bonchev–Trinajstić information content (AvgIpc) is 2.69. The predicted molar refractivity (Wildman–Crippen MR) is 84.6 cm³/mol. The highest BCUT2D eigenvalue weighted by atomic mass is 19.2. The zero-order chi connectivity index (χ0) is 20.1. The molecule has 0 heterocycles. The third-order valence-electron chi connectivity index (χ3n) is 3.44. The summed E-state index contributed by atoms with van der Waals surface area (Å²) in [6.07, 6.45) is 0. The number of halogens is 5. The van der Waals surface area contributed by atoms with Crippen LogP contribution in [0.2, 0.25) is 0 Å². The molecule has 0 spiro atoms. The van der Waals surface area contributed by atoms with E-state index in [1.54, 1.807) is 6.07 Å². The third kappa shape index (κ3) is 3.99. The fraction of sp³-hybridized carbons (Fsp3) is 0.176. The summed E-state index contributed by atoms with van der Waals surface area (Å²) in [7, 11) is 2.55. The molecule has 0 bridgehead atoms. The van der Waals surface area contributed by atoms with Gasteiger partial charge in [-0.05, 0) is 5.56 Å². The molecule has 2 rings (SSSR count). The van der Waals surface area contributed by atoms with Gasteiger partial charge in [0.1, 0.15) is 13.7 Å². The van der Waals surface area contributed by atoms with Crippen molar-refractivity contribution in [2.75, 3.05) is 14.2 Å². The van der Waals surface area contributed by atoms with E-state index < -0.39 is 47.3 Å². The number of carbonyl (C=O) groups is 1. The van der Waals surface area contributed by atoms with E-state index >= 15 is 0 Å². The van der Waals surface area contributed by atoms with Crippen LogP contribution < -0.4 is 10.1 Å². The van der Waals surface area contributed by atoms with Crippen LogP contribution in [0.15, 0.2) is 29.4 Å². The molecule has 27 heavy (non-hydrogen) atoms. The first-order valence-corrected chi connectivity index (χ1v) is 7.39. The molecule has 0 saturated carbocycles. The van der Waals surface area contributed by atoms with Crippen molar-refractivity contribution in [1.82, 2.24) is 5.32 Å². The van der Waals surface area contributed by atoms with Gasteiger partial charge in [0.2, 0.25) is 29.1 Å². The average molecular weight is 388 g/mol. The van der Waals surface area contributed by atoms with E-state index in [2.05, 4.69) is 15.3 Å². The number of ether oxygens (including phenoxy) is 1. The predicted octanol–water partition coefficient (Wildman–Crippen LogP) is 3.06. The van der Waals surface area contributed by atoms with Crippen molar-refractivity contribution in [3.63, 3.8) is 0 Å². The number of nitrogens with one attached hydrogen (secondary N) is 1. The van der Waals surface area contributed by atoms with E-state index in [4.69, 9.17) is 4.74 Å². The lowest BCUT2D eigenvalue weighted by molar-refractivity contribution is -0.114. The lowest BCUT2D eigenvalue weighted by atomic mass is 10.0. The highest BCUT2D eigenvalue weighted by Gasteiger charge is 2.27. The van der Waals surface area contributed by atoms with Crippen LogP contribution in [0.3, 0.4) is 0 Å². The van der Waals surface area contributed by atoms with Gasteiger partial charge >= 0.3 is 0 Å². The van der Waals surface area contributed by atoms with Crippen molar-refractivity contribution >= 4 is 11.6 Å². The summed E-state index contributed by atoms with van der Waals surface area (Å²) in [6.45, 7) is -0.603. The zero-order valence-corrected chi connectivity index (χ0v) is 14.1. The van der Waals surface area contributed by atoms with Gasteiger partial charge in [-0.1, -0.05) is 29.4 Å². The topological polar surface area (TPSA) is 59.9 Å². The standard InChI is InChI=1S/C17H13F5N2O3/c1-23-17(25)15(24-26-2)9-6-4-3-5-8(9)7-27-16-13(21)11(19)10(18)12(20)14(16)22/h3-6H,7H2,1-2H3,(H,23,25)/b24-15-. The number of rotatable bonds is 6. The van der Waals surface area contributed by atoms with Gasteiger partial charge in [0, 0.05) is 12.6 Å². The Balaban J connectivity index is 2.42. The van der Waals surface area contributed by atoms with Crippen molar-refractivity contribution in [3.05, 3.63) is 64.5 Å². The Kier molecular flexibility index (Phi) is 6.32. The summed E-state index contributed by atoms with van der Waals surface area (Å²) in [4.78, 5) is 16.5. The van der Waals surface area contributed by atoms with Crippen LogP contribution in [0.25, 0.3) is 0 Å². The Hall–Kier alpha value is -3.17. The van der Waals surface area contributed by atoms with Crippen molar-refractivity contribution in [1.29, 1.82) is 0 Å². The maximum absolute atomic E-state index is 13.7. The molecule has 0 aliphatic carbocycles. The molecule has 0 aliphatic rings. The molecule has 1 amide bonds. The van der Waals surface area contributed by atoms with E-state index in [1.807, 2.05) is 0 Å². The maximum atomic E-state index is 13.7. The zero-order valence-electron chi connectivity index (χ0n) is 14.1. The van der Waals surface area contributed by atoms with Crippen LogP contribution in [-0.2, 0) is 16.2 Å². The lowest BCUT2D eigenvalue weighted by Crippen LogP contribution is -2.29. The minimum absolute atomic E-state index is 0.170. The smallest absolute Gasteiger partial charge is 0.273 e. The van der Waals surface area contributed by atoms with Gasteiger partial charge in [-0.25, -0.2) is 13.2 Å². The summed E-state index contributed by atoms with van der Waals surface area (Å²) in [5.41, 5.74) is 0.208. The number of carbonyl (C=O) groups excluding carboxylic acids is 1. The number of hydrogen-bond acceptors (Lipinski definition) is 4. The monoisotopic (exact) mass is 388 g/mol. The minimum atomic E-state index is -2.29. The van der Waals surface area contributed by atoms with Gasteiger partial charge < -0.3 is 14.9 Å². The summed E-state index contributed by atoms with van der Waals surface area (Å²) >= 11 is 0. The molecule has 0 radical (unpaired) electrons. The summed E-state index contributed by atoms with van der Waals surface area (Å²) in [5.74, 6) is -12.8. The van der Waals surface area contributed by atoms with E-state index in [0.29, 0.717) is 0 Å². The van der Waals surface area contributed by atoms with E-state index in [0.717, 1.165) is 0 Å². The van der Waals surface area contributed by atoms with Crippen LogP contribution in [0, 0.1) is 29.1 Å². The molecule has 0 atom stereocenters. The van der Waals surface area contributed by atoms with Gasteiger partial charge in [-0.15, -0.1) is 0 Å². The first-order chi connectivity index (χ1) is 12.8. The number of benzene rings is 2. The van der Waals surface area contributed by atoms with Gasteiger partial charge in [0.15, 0.2) is 11.5 Å². The largest absolute Gasteiger partial charge is 0.483 e. The molecular formula is C17H13F5N2O3. The molecule has 1 N–H and O–H groups in total.